The molecule has 19 heavy (non-hydrogen) atoms. The Morgan fingerprint density at radius 3 is 2.53 bits per heavy atom. The Morgan fingerprint density at radius 2 is 2.00 bits per heavy atom. The lowest BCUT2D eigenvalue weighted by atomic mass is 9.81. The lowest BCUT2D eigenvalue weighted by Gasteiger charge is -2.26. The Bertz CT molecular complexity index is 405. The summed E-state index contributed by atoms with van der Waals surface area (Å²) in [6.45, 7) is 4.28. The minimum Gasteiger partial charge on any atom is -0.425 e. The number of esters is 1. The highest BCUT2D eigenvalue weighted by molar-refractivity contribution is 5.75. The van der Waals surface area contributed by atoms with E-state index in [1.54, 1.807) is 6.20 Å². The zero-order valence-corrected chi connectivity index (χ0v) is 11.9. The third-order valence-corrected chi connectivity index (χ3v) is 4.14. The van der Waals surface area contributed by atoms with E-state index in [0.717, 1.165) is 43.7 Å². The Kier molecular flexibility index (Phi) is 4.94. The van der Waals surface area contributed by atoms with Crippen LogP contribution in [0.3, 0.4) is 0 Å². The van der Waals surface area contributed by atoms with Crippen molar-refractivity contribution in [2.24, 2.45) is 11.8 Å². The van der Waals surface area contributed by atoms with Gasteiger partial charge in [-0.05, 0) is 50.2 Å². The van der Waals surface area contributed by atoms with Crippen molar-refractivity contribution in [2.75, 3.05) is 0 Å². The molecule has 1 saturated carbocycles. The molecule has 0 unspecified atom stereocenters. The number of aromatic nitrogens is 1. The van der Waals surface area contributed by atoms with E-state index in [1.807, 2.05) is 12.1 Å². The first-order chi connectivity index (χ1) is 9.22. The van der Waals surface area contributed by atoms with Crippen molar-refractivity contribution in [1.82, 2.24) is 4.98 Å². The molecule has 1 fully saturated rings. The molecule has 1 aromatic rings. The number of aryl methyl sites for hydroxylation is 1. The molecule has 104 valence electrons. The van der Waals surface area contributed by atoms with Crippen LogP contribution in [0.15, 0.2) is 18.3 Å². The third-order valence-electron chi connectivity index (χ3n) is 4.14. The van der Waals surface area contributed by atoms with Crippen LogP contribution in [0.2, 0.25) is 0 Å². The van der Waals surface area contributed by atoms with Gasteiger partial charge in [0.15, 0.2) is 0 Å². The highest BCUT2D eigenvalue weighted by atomic mass is 16.5. The standard InChI is InChI=1S/C16H23NO2/c1-3-12-5-7-13(8-6-12)16(18)19-15-10-9-14(4-2)17-11-15/h9-13H,3-8H2,1-2H3. The van der Waals surface area contributed by atoms with Gasteiger partial charge >= 0.3 is 5.97 Å². The van der Waals surface area contributed by atoms with Gasteiger partial charge in [-0.3, -0.25) is 9.78 Å². The molecule has 0 aliphatic heterocycles. The normalized spacial score (nSPS) is 23.1. The molecule has 1 aromatic heterocycles. The maximum atomic E-state index is 12.1. The minimum atomic E-state index is -0.0828. The van der Waals surface area contributed by atoms with Gasteiger partial charge in [0.05, 0.1) is 12.1 Å². The van der Waals surface area contributed by atoms with Gasteiger partial charge in [0.1, 0.15) is 5.75 Å². The van der Waals surface area contributed by atoms with Gasteiger partial charge in [0.25, 0.3) is 0 Å². The number of carbonyl (C=O) groups excluding carboxylic acids is 1. The highest BCUT2D eigenvalue weighted by Crippen LogP contribution is 2.31. The largest absolute Gasteiger partial charge is 0.425 e. The number of hydrogen-bond donors (Lipinski definition) is 0. The van der Waals surface area contributed by atoms with E-state index in [4.69, 9.17) is 4.74 Å². The fourth-order valence-corrected chi connectivity index (χ4v) is 2.69. The minimum absolute atomic E-state index is 0.0775. The molecule has 3 nitrogen and oxygen atoms in total. The van der Waals surface area contributed by atoms with E-state index in [1.165, 1.54) is 6.42 Å². The van der Waals surface area contributed by atoms with Gasteiger partial charge in [-0.2, -0.15) is 0 Å². The first kappa shape index (κ1) is 14.0. The summed E-state index contributed by atoms with van der Waals surface area (Å²) in [7, 11) is 0. The van der Waals surface area contributed by atoms with E-state index in [-0.39, 0.29) is 11.9 Å². The van der Waals surface area contributed by atoms with Crippen molar-refractivity contribution in [3.63, 3.8) is 0 Å². The van der Waals surface area contributed by atoms with E-state index in [2.05, 4.69) is 18.8 Å². The van der Waals surface area contributed by atoms with Crippen LogP contribution in [0.4, 0.5) is 0 Å². The molecule has 1 heterocycles. The van der Waals surface area contributed by atoms with Crippen molar-refractivity contribution in [2.45, 2.75) is 52.4 Å². The fourth-order valence-electron chi connectivity index (χ4n) is 2.69. The Morgan fingerprint density at radius 1 is 1.26 bits per heavy atom. The molecule has 0 spiro atoms. The lowest BCUT2D eigenvalue weighted by Crippen LogP contribution is -2.25. The summed E-state index contributed by atoms with van der Waals surface area (Å²) < 4.78 is 5.42. The highest BCUT2D eigenvalue weighted by Gasteiger charge is 2.26. The molecule has 0 amide bonds. The number of pyridine rings is 1. The van der Waals surface area contributed by atoms with Gasteiger partial charge < -0.3 is 4.74 Å². The van der Waals surface area contributed by atoms with Crippen LogP contribution >= 0.6 is 0 Å². The molecule has 0 radical (unpaired) electrons. The monoisotopic (exact) mass is 261 g/mol. The Hall–Kier alpha value is -1.38. The number of nitrogens with zero attached hydrogens (tertiary/aromatic N) is 1. The predicted molar refractivity (Wildman–Crippen MR) is 75.0 cm³/mol. The molecule has 0 saturated heterocycles. The topological polar surface area (TPSA) is 39.2 Å². The van der Waals surface area contributed by atoms with Gasteiger partial charge in [-0.25, -0.2) is 0 Å². The average Bonchev–Trinajstić information content (AvgIpc) is 2.48. The Balaban J connectivity index is 1.86. The lowest BCUT2D eigenvalue weighted by molar-refractivity contribution is -0.140. The van der Waals surface area contributed by atoms with E-state index >= 15 is 0 Å². The second-order valence-electron chi connectivity index (χ2n) is 5.39. The Labute approximate surface area is 115 Å². The summed E-state index contributed by atoms with van der Waals surface area (Å²) in [5.41, 5.74) is 1.02. The summed E-state index contributed by atoms with van der Waals surface area (Å²) in [6.07, 6.45) is 8.02. The van der Waals surface area contributed by atoms with Crippen LogP contribution < -0.4 is 4.74 Å². The number of ether oxygens (including phenoxy) is 1. The molecule has 0 bridgehead atoms. The maximum absolute atomic E-state index is 12.1. The number of rotatable bonds is 4. The predicted octanol–water partition coefficient (Wildman–Crippen LogP) is 3.77. The van der Waals surface area contributed by atoms with E-state index in [0.29, 0.717) is 5.75 Å². The van der Waals surface area contributed by atoms with Crippen LogP contribution in [0.5, 0.6) is 5.75 Å². The summed E-state index contributed by atoms with van der Waals surface area (Å²) >= 11 is 0. The van der Waals surface area contributed by atoms with Crippen molar-refractivity contribution in [3.8, 4) is 5.75 Å². The first-order valence-corrected chi connectivity index (χ1v) is 7.39. The molecule has 0 N–H and O–H groups in total. The molecule has 1 aliphatic rings. The number of hydrogen-bond acceptors (Lipinski definition) is 3. The SMILES string of the molecule is CCc1ccc(OC(=O)C2CCC(CC)CC2)cn1. The van der Waals surface area contributed by atoms with Crippen LogP contribution in [0.25, 0.3) is 0 Å². The molecular weight excluding hydrogens is 238 g/mol. The quantitative estimate of drug-likeness (QED) is 0.774. The second-order valence-corrected chi connectivity index (χ2v) is 5.39. The summed E-state index contributed by atoms with van der Waals surface area (Å²) in [6, 6.07) is 3.75. The zero-order chi connectivity index (χ0) is 13.7. The summed E-state index contributed by atoms with van der Waals surface area (Å²) in [5, 5.41) is 0. The molecule has 0 atom stereocenters. The van der Waals surface area contributed by atoms with Crippen LogP contribution in [0, 0.1) is 11.8 Å². The van der Waals surface area contributed by atoms with Crippen LogP contribution in [-0.2, 0) is 11.2 Å². The molecular formula is C16H23NO2. The smallest absolute Gasteiger partial charge is 0.314 e. The van der Waals surface area contributed by atoms with Gasteiger partial charge in [0.2, 0.25) is 0 Å². The third kappa shape index (κ3) is 3.79. The van der Waals surface area contributed by atoms with E-state index in [9.17, 15) is 4.79 Å². The van der Waals surface area contributed by atoms with Gasteiger partial charge in [-0.15, -0.1) is 0 Å². The fraction of sp³-hybridized carbons (Fsp3) is 0.625. The van der Waals surface area contributed by atoms with Crippen molar-refractivity contribution < 1.29 is 9.53 Å². The average molecular weight is 261 g/mol. The van der Waals surface area contributed by atoms with Gasteiger partial charge in [-0.1, -0.05) is 20.3 Å². The van der Waals surface area contributed by atoms with Crippen molar-refractivity contribution in [3.05, 3.63) is 24.0 Å². The maximum Gasteiger partial charge on any atom is 0.314 e. The molecule has 2 rings (SSSR count). The first-order valence-electron chi connectivity index (χ1n) is 7.39. The summed E-state index contributed by atoms with van der Waals surface area (Å²) in [5.74, 6) is 1.36. The van der Waals surface area contributed by atoms with Crippen molar-refractivity contribution >= 4 is 5.97 Å². The van der Waals surface area contributed by atoms with Gasteiger partial charge in [0, 0.05) is 5.69 Å². The van der Waals surface area contributed by atoms with E-state index < -0.39 is 0 Å². The molecule has 3 heteroatoms. The molecule has 0 aromatic carbocycles. The molecule has 1 aliphatic carbocycles. The number of carbonyl (C=O) groups is 1. The summed E-state index contributed by atoms with van der Waals surface area (Å²) in [4.78, 5) is 16.3. The van der Waals surface area contributed by atoms with Crippen molar-refractivity contribution in [1.29, 1.82) is 0 Å². The van der Waals surface area contributed by atoms with Crippen LogP contribution in [-0.4, -0.2) is 11.0 Å². The van der Waals surface area contributed by atoms with Crippen LogP contribution in [0.1, 0.15) is 51.6 Å². The second kappa shape index (κ2) is 6.69. The zero-order valence-electron chi connectivity index (χ0n) is 11.9.